The highest BCUT2D eigenvalue weighted by molar-refractivity contribution is 4.98. The fraction of sp³-hybridized carbons (Fsp3) is 0.800. The molecule has 1 N–H and O–H groups in total. The minimum absolute atomic E-state index is 0.732. The summed E-state index contributed by atoms with van der Waals surface area (Å²) in [6.45, 7) is 5.08. The highest BCUT2D eigenvalue weighted by Gasteiger charge is 2.21. The number of nitrogens with one attached hydrogen (secondary N) is 1. The SMILES string of the molecule is CC#CCNC1CCCC1C. The zero-order chi connectivity index (χ0) is 8.10. The van der Waals surface area contributed by atoms with Gasteiger partial charge in [0.2, 0.25) is 0 Å². The van der Waals surface area contributed by atoms with Crippen LogP contribution in [-0.2, 0) is 0 Å². The van der Waals surface area contributed by atoms with Crippen molar-refractivity contribution in [2.45, 2.75) is 39.2 Å². The van der Waals surface area contributed by atoms with Gasteiger partial charge in [-0.2, -0.15) is 0 Å². The van der Waals surface area contributed by atoms with Crippen molar-refractivity contribution in [3.05, 3.63) is 0 Å². The fourth-order valence-corrected chi connectivity index (χ4v) is 1.72. The summed E-state index contributed by atoms with van der Waals surface area (Å²) in [5.74, 6) is 6.78. The van der Waals surface area contributed by atoms with Gasteiger partial charge in [-0.05, 0) is 25.7 Å². The molecular weight excluding hydrogens is 134 g/mol. The second-order valence-corrected chi connectivity index (χ2v) is 3.32. The van der Waals surface area contributed by atoms with Crippen LogP contribution in [0.5, 0.6) is 0 Å². The molecule has 0 heterocycles. The molecule has 1 rings (SSSR count). The predicted octanol–water partition coefficient (Wildman–Crippen LogP) is 1.79. The zero-order valence-corrected chi connectivity index (χ0v) is 7.48. The summed E-state index contributed by atoms with van der Waals surface area (Å²) in [4.78, 5) is 0. The van der Waals surface area contributed by atoms with Crippen molar-refractivity contribution in [2.75, 3.05) is 6.54 Å². The van der Waals surface area contributed by atoms with Crippen LogP contribution in [0.3, 0.4) is 0 Å². The Morgan fingerprint density at radius 1 is 1.45 bits per heavy atom. The maximum absolute atomic E-state index is 3.46. The van der Waals surface area contributed by atoms with Gasteiger partial charge in [-0.3, -0.25) is 0 Å². The van der Waals surface area contributed by atoms with Crippen molar-refractivity contribution in [2.24, 2.45) is 5.92 Å². The summed E-state index contributed by atoms with van der Waals surface area (Å²) in [6, 6.07) is 0.732. The van der Waals surface area contributed by atoms with Crippen molar-refractivity contribution in [1.29, 1.82) is 0 Å². The van der Waals surface area contributed by atoms with Crippen molar-refractivity contribution in [3.63, 3.8) is 0 Å². The third-order valence-corrected chi connectivity index (χ3v) is 2.49. The van der Waals surface area contributed by atoms with E-state index in [1.165, 1.54) is 19.3 Å². The lowest BCUT2D eigenvalue weighted by molar-refractivity contribution is 0.447. The monoisotopic (exact) mass is 151 g/mol. The number of hydrogen-bond donors (Lipinski definition) is 1. The first-order valence-electron chi connectivity index (χ1n) is 4.47. The van der Waals surface area contributed by atoms with Crippen LogP contribution in [0, 0.1) is 17.8 Å². The second kappa shape index (κ2) is 4.41. The lowest BCUT2D eigenvalue weighted by Gasteiger charge is -2.14. The van der Waals surface area contributed by atoms with Crippen LogP contribution in [-0.4, -0.2) is 12.6 Å². The van der Waals surface area contributed by atoms with E-state index < -0.39 is 0 Å². The van der Waals surface area contributed by atoms with E-state index in [0.717, 1.165) is 18.5 Å². The molecule has 11 heavy (non-hydrogen) atoms. The van der Waals surface area contributed by atoms with E-state index in [-0.39, 0.29) is 0 Å². The molecule has 1 aliphatic rings. The van der Waals surface area contributed by atoms with Gasteiger partial charge < -0.3 is 5.32 Å². The van der Waals surface area contributed by atoms with E-state index in [1.54, 1.807) is 0 Å². The third kappa shape index (κ3) is 2.55. The van der Waals surface area contributed by atoms with E-state index >= 15 is 0 Å². The summed E-state index contributed by atoms with van der Waals surface area (Å²) >= 11 is 0. The lowest BCUT2D eigenvalue weighted by atomic mass is 10.1. The quantitative estimate of drug-likeness (QED) is 0.593. The summed E-state index contributed by atoms with van der Waals surface area (Å²) in [5.41, 5.74) is 0. The standard InChI is InChI=1S/C10H17N/c1-3-4-8-11-10-7-5-6-9(10)2/h9-11H,5-8H2,1-2H3. The Hall–Kier alpha value is -0.480. The summed E-state index contributed by atoms with van der Waals surface area (Å²) in [6.07, 6.45) is 4.11. The van der Waals surface area contributed by atoms with Crippen molar-refractivity contribution < 1.29 is 0 Å². The molecule has 1 aliphatic carbocycles. The predicted molar refractivity (Wildman–Crippen MR) is 48.3 cm³/mol. The Morgan fingerprint density at radius 2 is 2.27 bits per heavy atom. The molecule has 2 unspecified atom stereocenters. The Morgan fingerprint density at radius 3 is 2.82 bits per heavy atom. The van der Waals surface area contributed by atoms with E-state index in [0.29, 0.717) is 0 Å². The molecule has 1 nitrogen and oxygen atoms in total. The van der Waals surface area contributed by atoms with E-state index in [1.807, 2.05) is 6.92 Å². The molecule has 0 spiro atoms. The average Bonchev–Trinajstić information content (AvgIpc) is 2.37. The van der Waals surface area contributed by atoms with E-state index in [4.69, 9.17) is 0 Å². The highest BCUT2D eigenvalue weighted by atomic mass is 14.9. The molecule has 1 saturated carbocycles. The van der Waals surface area contributed by atoms with Gasteiger partial charge in [0.05, 0.1) is 6.54 Å². The number of rotatable bonds is 2. The molecule has 0 aromatic carbocycles. The van der Waals surface area contributed by atoms with Crippen LogP contribution in [0.1, 0.15) is 33.1 Å². The Kier molecular flexibility index (Phi) is 3.45. The Labute approximate surface area is 69.6 Å². The lowest BCUT2D eigenvalue weighted by Crippen LogP contribution is -2.31. The summed E-state index contributed by atoms with van der Waals surface area (Å²) in [7, 11) is 0. The molecule has 0 amide bonds. The fourth-order valence-electron chi connectivity index (χ4n) is 1.72. The summed E-state index contributed by atoms with van der Waals surface area (Å²) < 4.78 is 0. The molecule has 1 fully saturated rings. The van der Waals surface area contributed by atoms with Gasteiger partial charge in [-0.25, -0.2) is 0 Å². The van der Waals surface area contributed by atoms with Gasteiger partial charge in [-0.1, -0.05) is 19.3 Å². The molecule has 0 bridgehead atoms. The van der Waals surface area contributed by atoms with E-state index in [2.05, 4.69) is 24.1 Å². The normalized spacial score (nSPS) is 29.6. The highest BCUT2D eigenvalue weighted by Crippen LogP contribution is 2.24. The smallest absolute Gasteiger partial charge is 0.0578 e. The largest absolute Gasteiger partial charge is 0.303 e. The van der Waals surface area contributed by atoms with Crippen LogP contribution < -0.4 is 5.32 Å². The average molecular weight is 151 g/mol. The van der Waals surface area contributed by atoms with Crippen molar-refractivity contribution in [3.8, 4) is 11.8 Å². The second-order valence-electron chi connectivity index (χ2n) is 3.32. The van der Waals surface area contributed by atoms with Gasteiger partial charge in [0.25, 0.3) is 0 Å². The molecule has 62 valence electrons. The molecule has 0 aliphatic heterocycles. The minimum atomic E-state index is 0.732. The summed E-state index contributed by atoms with van der Waals surface area (Å²) in [5, 5.41) is 3.46. The van der Waals surface area contributed by atoms with Crippen LogP contribution in [0.4, 0.5) is 0 Å². The molecule has 0 aromatic rings. The third-order valence-electron chi connectivity index (χ3n) is 2.49. The van der Waals surface area contributed by atoms with Crippen LogP contribution >= 0.6 is 0 Å². The van der Waals surface area contributed by atoms with Crippen LogP contribution in [0.2, 0.25) is 0 Å². The number of hydrogen-bond acceptors (Lipinski definition) is 1. The van der Waals surface area contributed by atoms with Gasteiger partial charge in [0.15, 0.2) is 0 Å². The van der Waals surface area contributed by atoms with Crippen molar-refractivity contribution in [1.82, 2.24) is 5.32 Å². The van der Waals surface area contributed by atoms with Crippen LogP contribution in [0.25, 0.3) is 0 Å². The Bertz CT molecular complexity index is 163. The Balaban J connectivity index is 2.18. The first-order chi connectivity index (χ1) is 5.34. The van der Waals surface area contributed by atoms with Gasteiger partial charge in [0, 0.05) is 6.04 Å². The molecule has 2 atom stereocenters. The topological polar surface area (TPSA) is 12.0 Å². The van der Waals surface area contributed by atoms with Gasteiger partial charge in [0.1, 0.15) is 0 Å². The molecule has 0 saturated heterocycles. The molecule has 1 heteroatoms. The van der Waals surface area contributed by atoms with Gasteiger partial charge >= 0.3 is 0 Å². The molecule has 0 aromatic heterocycles. The minimum Gasteiger partial charge on any atom is -0.303 e. The maximum atomic E-state index is 3.46. The maximum Gasteiger partial charge on any atom is 0.0578 e. The first-order valence-corrected chi connectivity index (χ1v) is 4.47. The van der Waals surface area contributed by atoms with E-state index in [9.17, 15) is 0 Å². The molecular formula is C10H17N. The molecule has 0 radical (unpaired) electrons. The van der Waals surface area contributed by atoms with Gasteiger partial charge in [-0.15, -0.1) is 5.92 Å². The first kappa shape index (κ1) is 8.62. The van der Waals surface area contributed by atoms with Crippen LogP contribution in [0.15, 0.2) is 0 Å². The zero-order valence-electron chi connectivity index (χ0n) is 7.48. The van der Waals surface area contributed by atoms with Crippen molar-refractivity contribution >= 4 is 0 Å².